The normalized spacial score (nSPS) is 16.1. The van der Waals surface area contributed by atoms with E-state index in [2.05, 4.69) is 12.2 Å². The Kier molecular flexibility index (Phi) is 6.22. The molecule has 102 valence electrons. The molecule has 18 heavy (non-hydrogen) atoms. The number of nitrogens with one attached hydrogen (secondary N) is 1. The van der Waals surface area contributed by atoms with Gasteiger partial charge in [-0.3, -0.25) is 4.79 Å². The van der Waals surface area contributed by atoms with Crippen LogP contribution in [0.2, 0.25) is 0 Å². The number of hydrogen-bond donors (Lipinski definition) is 1. The van der Waals surface area contributed by atoms with E-state index in [-0.39, 0.29) is 18.3 Å². The van der Waals surface area contributed by atoms with Gasteiger partial charge in [0.2, 0.25) is 0 Å². The molecule has 1 N–H and O–H groups in total. The zero-order valence-electron chi connectivity index (χ0n) is 10.7. The van der Waals surface area contributed by atoms with Gasteiger partial charge >= 0.3 is 0 Å². The molecule has 0 bridgehead atoms. The smallest absolute Gasteiger partial charge is 0.257 e. The van der Waals surface area contributed by atoms with Crippen LogP contribution in [0.5, 0.6) is 0 Å². The third-order valence-electron chi connectivity index (χ3n) is 3.24. The van der Waals surface area contributed by atoms with E-state index in [4.69, 9.17) is 4.42 Å². The predicted octanol–water partition coefficient (Wildman–Crippen LogP) is 2.31. The number of rotatable bonds is 4. The van der Waals surface area contributed by atoms with Crippen LogP contribution in [0.3, 0.4) is 0 Å². The Balaban J connectivity index is 0.00000162. The van der Waals surface area contributed by atoms with Crippen molar-refractivity contribution >= 4 is 18.3 Å². The molecule has 1 aliphatic rings. The zero-order chi connectivity index (χ0) is 12.1. The van der Waals surface area contributed by atoms with Gasteiger partial charge in [0, 0.05) is 12.6 Å². The summed E-state index contributed by atoms with van der Waals surface area (Å²) >= 11 is 0. The molecule has 0 radical (unpaired) electrons. The lowest BCUT2D eigenvalue weighted by molar-refractivity contribution is 0.0642. The maximum absolute atomic E-state index is 12.3. The summed E-state index contributed by atoms with van der Waals surface area (Å²) in [5.41, 5.74) is 0.664. The molecule has 1 aliphatic heterocycles. The summed E-state index contributed by atoms with van der Waals surface area (Å²) in [7, 11) is 0. The Morgan fingerprint density at radius 2 is 2.22 bits per heavy atom. The van der Waals surface area contributed by atoms with Gasteiger partial charge in [-0.2, -0.15) is 0 Å². The Labute approximate surface area is 114 Å². The number of piperidine rings is 1. The van der Waals surface area contributed by atoms with E-state index < -0.39 is 0 Å². The van der Waals surface area contributed by atoms with E-state index in [1.165, 1.54) is 6.26 Å². The highest BCUT2D eigenvalue weighted by Gasteiger charge is 2.25. The van der Waals surface area contributed by atoms with Crippen LogP contribution in [-0.4, -0.2) is 36.5 Å². The van der Waals surface area contributed by atoms with Crippen molar-refractivity contribution in [2.24, 2.45) is 0 Å². The SMILES string of the molecule is CCCN(C(=O)c1ccoc1)C1CCNCC1.Cl. The van der Waals surface area contributed by atoms with Crippen LogP contribution < -0.4 is 5.32 Å². The first-order chi connectivity index (χ1) is 8.33. The minimum Gasteiger partial charge on any atom is -0.472 e. The molecule has 4 nitrogen and oxygen atoms in total. The molecule has 0 unspecified atom stereocenters. The second kappa shape index (κ2) is 7.44. The molecule has 0 saturated carbocycles. The van der Waals surface area contributed by atoms with Crippen molar-refractivity contribution in [2.45, 2.75) is 32.2 Å². The third-order valence-corrected chi connectivity index (χ3v) is 3.24. The van der Waals surface area contributed by atoms with E-state index >= 15 is 0 Å². The standard InChI is InChI=1S/C13H20N2O2.ClH/c1-2-8-15(12-3-6-14-7-4-12)13(16)11-5-9-17-10-11;/h5,9-10,12,14H,2-4,6-8H2,1H3;1H. The fourth-order valence-electron chi connectivity index (χ4n) is 2.36. The van der Waals surface area contributed by atoms with Crippen molar-refractivity contribution in [1.29, 1.82) is 0 Å². The second-order valence-corrected chi connectivity index (χ2v) is 4.49. The van der Waals surface area contributed by atoms with Crippen molar-refractivity contribution in [3.63, 3.8) is 0 Å². The molecule has 1 aromatic heterocycles. The summed E-state index contributed by atoms with van der Waals surface area (Å²) in [5, 5.41) is 3.33. The third kappa shape index (κ3) is 3.50. The van der Waals surface area contributed by atoms with Crippen molar-refractivity contribution in [1.82, 2.24) is 10.2 Å². The van der Waals surface area contributed by atoms with E-state index in [1.807, 2.05) is 4.90 Å². The van der Waals surface area contributed by atoms with Crippen molar-refractivity contribution in [3.8, 4) is 0 Å². The van der Waals surface area contributed by atoms with Crippen molar-refractivity contribution < 1.29 is 9.21 Å². The van der Waals surface area contributed by atoms with Crippen LogP contribution >= 0.6 is 12.4 Å². The van der Waals surface area contributed by atoms with Gasteiger partial charge in [0.25, 0.3) is 5.91 Å². The number of nitrogens with zero attached hydrogens (tertiary/aromatic N) is 1. The Hall–Kier alpha value is -1.00. The number of carbonyl (C=O) groups excluding carboxylic acids is 1. The molecule has 2 heterocycles. The largest absolute Gasteiger partial charge is 0.472 e. The maximum atomic E-state index is 12.3. The molecule has 1 fully saturated rings. The number of carbonyl (C=O) groups is 1. The topological polar surface area (TPSA) is 45.5 Å². The Bertz CT molecular complexity index is 348. The molecule has 2 rings (SSSR count). The van der Waals surface area contributed by atoms with Gasteiger partial charge in [0.1, 0.15) is 6.26 Å². The van der Waals surface area contributed by atoms with Crippen LogP contribution in [-0.2, 0) is 0 Å². The molecule has 0 aliphatic carbocycles. The molecular formula is C13H21ClN2O2. The molecular weight excluding hydrogens is 252 g/mol. The minimum absolute atomic E-state index is 0. The quantitative estimate of drug-likeness (QED) is 0.915. The summed E-state index contributed by atoms with van der Waals surface area (Å²) in [6, 6.07) is 2.12. The lowest BCUT2D eigenvalue weighted by Crippen LogP contribution is -2.46. The molecule has 5 heteroatoms. The first-order valence-electron chi connectivity index (χ1n) is 6.36. The van der Waals surface area contributed by atoms with Crippen LogP contribution in [0.25, 0.3) is 0 Å². The number of hydrogen-bond acceptors (Lipinski definition) is 3. The highest BCUT2D eigenvalue weighted by atomic mass is 35.5. The van der Waals surface area contributed by atoms with Crippen LogP contribution in [0.1, 0.15) is 36.5 Å². The Morgan fingerprint density at radius 3 is 2.78 bits per heavy atom. The fourth-order valence-corrected chi connectivity index (χ4v) is 2.36. The fraction of sp³-hybridized carbons (Fsp3) is 0.615. The molecule has 0 atom stereocenters. The van der Waals surface area contributed by atoms with Crippen LogP contribution in [0, 0.1) is 0 Å². The van der Waals surface area contributed by atoms with E-state index in [0.717, 1.165) is 38.9 Å². The second-order valence-electron chi connectivity index (χ2n) is 4.49. The van der Waals surface area contributed by atoms with Crippen molar-refractivity contribution in [3.05, 3.63) is 24.2 Å². The molecule has 0 spiro atoms. The van der Waals surface area contributed by atoms with Gasteiger partial charge in [-0.05, 0) is 38.4 Å². The monoisotopic (exact) mass is 272 g/mol. The summed E-state index contributed by atoms with van der Waals surface area (Å²) in [5.74, 6) is 0.104. The molecule has 1 saturated heterocycles. The number of amides is 1. The van der Waals surface area contributed by atoms with Gasteiger partial charge in [-0.25, -0.2) is 0 Å². The average molecular weight is 273 g/mol. The van der Waals surface area contributed by atoms with Gasteiger partial charge < -0.3 is 14.6 Å². The molecule has 1 aromatic rings. The van der Waals surface area contributed by atoms with Gasteiger partial charge in [-0.15, -0.1) is 12.4 Å². The van der Waals surface area contributed by atoms with Gasteiger partial charge in [0.05, 0.1) is 11.8 Å². The first kappa shape index (κ1) is 15.1. The van der Waals surface area contributed by atoms with Gasteiger partial charge in [0.15, 0.2) is 0 Å². The lowest BCUT2D eigenvalue weighted by Gasteiger charge is -2.34. The summed E-state index contributed by atoms with van der Waals surface area (Å²) in [6.45, 7) is 4.94. The zero-order valence-corrected chi connectivity index (χ0v) is 11.5. The highest BCUT2D eigenvalue weighted by molar-refractivity contribution is 5.94. The summed E-state index contributed by atoms with van der Waals surface area (Å²) in [4.78, 5) is 14.3. The van der Waals surface area contributed by atoms with E-state index in [0.29, 0.717) is 11.6 Å². The number of furan rings is 1. The van der Waals surface area contributed by atoms with Crippen molar-refractivity contribution in [2.75, 3.05) is 19.6 Å². The summed E-state index contributed by atoms with van der Waals surface area (Å²) < 4.78 is 4.99. The minimum atomic E-state index is 0. The van der Waals surface area contributed by atoms with Crippen LogP contribution in [0.15, 0.2) is 23.0 Å². The molecule has 1 amide bonds. The highest BCUT2D eigenvalue weighted by Crippen LogP contribution is 2.16. The Morgan fingerprint density at radius 1 is 1.50 bits per heavy atom. The molecule has 0 aromatic carbocycles. The van der Waals surface area contributed by atoms with Crippen LogP contribution in [0.4, 0.5) is 0 Å². The van der Waals surface area contributed by atoms with E-state index in [1.54, 1.807) is 12.3 Å². The maximum Gasteiger partial charge on any atom is 0.257 e. The predicted molar refractivity (Wildman–Crippen MR) is 73.2 cm³/mol. The first-order valence-corrected chi connectivity index (χ1v) is 6.36. The van der Waals surface area contributed by atoms with E-state index in [9.17, 15) is 4.79 Å². The van der Waals surface area contributed by atoms with Gasteiger partial charge in [-0.1, -0.05) is 6.92 Å². The lowest BCUT2D eigenvalue weighted by atomic mass is 10.0. The average Bonchev–Trinajstić information content (AvgIpc) is 2.90. The number of halogens is 1. The summed E-state index contributed by atoms with van der Waals surface area (Å²) in [6.07, 6.45) is 6.17.